The van der Waals surface area contributed by atoms with Crippen molar-refractivity contribution in [2.75, 3.05) is 0 Å². The molecule has 0 saturated carbocycles. The van der Waals surface area contributed by atoms with Gasteiger partial charge >= 0.3 is 0 Å². The molecule has 2 heteroatoms. The van der Waals surface area contributed by atoms with Crippen molar-refractivity contribution in [2.24, 2.45) is 0 Å². The molecule has 1 heterocycles. The van der Waals surface area contributed by atoms with Crippen LogP contribution < -0.4 is 0 Å². The lowest BCUT2D eigenvalue weighted by Crippen LogP contribution is -1.93. The van der Waals surface area contributed by atoms with Crippen LogP contribution in [0.1, 0.15) is 6.42 Å². The molecule has 0 bridgehead atoms. The zero-order chi connectivity index (χ0) is 6.53. The van der Waals surface area contributed by atoms with Crippen molar-refractivity contribution in [1.29, 1.82) is 0 Å². The number of hydrogen-bond acceptors (Lipinski definition) is 1. The first kappa shape index (κ1) is 6.08. The third kappa shape index (κ3) is 1.72. The Morgan fingerprint density at radius 3 is 2.56 bits per heavy atom. The zero-order valence-corrected chi connectivity index (χ0v) is 5.16. The Morgan fingerprint density at radius 1 is 1.33 bits per heavy atom. The van der Waals surface area contributed by atoms with Crippen molar-refractivity contribution in [2.45, 2.75) is 13.0 Å². The number of aromatic nitrogens is 1. The molecule has 1 aromatic heterocycles. The van der Waals surface area contributed by atoms with Crippen LogP contribution in [0.4, 0.5) is 0 Å². The molecule has 2 nitrogen and oxygen atoms in total. The van der Waals surface area contributed by atoms with Crippen molar-refractivity contribution < 1.29 is 4.79 Å². The molecule has 0 aliphatic carbocycles. The summed E-state index contributed by atoms with van der Waals surface area (Å²) in [6, 6.07) is 3.90. The summed E-state index contributed by atoms with van der Waals surface area (Å²) < 4.78 is 1.98. The van der Waals surface area contributed by atoms with Crippen molar-refractivity contribution in [1.82, 2.24) is 4.57 Å². The predicted molar refractivity (Wildman–Crippen MR) is 35.1 cm³/mol. The lowest BCUT2D eigenvalue weighted by atomic mass is 10.5. The minimum absolute atomic E-state index is 0.606. The maximum absolute atomic E-state index is 9.89. The van der Waals surface area contributed by atoms with E-state index in [2.05, 4.69) is 0 Å². The van der Waals surface area contributed by atoms with Gasteiger partial charge in [-0.1, -0.05) is 0 Å². The predicted octanol–water partition coefficient (Wildman–Crippen LogP) is 1.08. The maximum atomic E-state index is 9.89. The van der Waals surface area contributed by atoms with E-state index in [4.69, 9.17) is 0 Å². The topological polar surface area (TPSA) is 22.0 Å². The van der Waals surface area contributed by atoms with E-state index >= 15 is 0 Å². The van der Waals surface area contributed by atoms with E-state index in [1.807, 2.05) is 29.1 Å². The van der Waals surface area contributed by atoms with Gasteiger partial charge in [-0.25, -0.2) is 0 Å². The van der Waals surface area contributed by atoms with Gasteiger partial charge < -0.3 is 9.36 Å². The van der Waals surface area contributed by atoms with Gasteiger partial charge in [-0.05, 0) is 12.1 Å². The standard InChI is InChI=1S/C7H9NO/c9-7-3-6-8-4-1-2-5-8/h1-2,4-5,7H,3,6H2. The molecule has 0 unspecified atom stereocenters. The van der Waals surface area contributed by atoms with E-state index in [1.54, 1.807) is 0 Å². The van der Waals surface area contributed by atoms with E-state index in [9.17, 15) is 4.79 Å². The average Bonchev–Trinajstić information content (AvgIpc) is 2.34. The highest BCUT2D eigenvalue weighted by atomic mass is 16.1. The fraction of sp³-hybridized carbons (Fsp3) is 0.286. The number of carbonyl (C=O) groups is 1. The van der Waals surface area contributed by atoms with Gasteiger partial charge in [-0.3, -0.25) is 0 Å². The Labute approximate surface area is 54.1 Å². The van der Waals surface area contributed by atoms with Crippen LogP contribution in [-0.4, -0.2) is 10.9 Å². The van der Waals surface area contributed by atoms with E-state index < -0.39 is 0 Å². The normalized spacial score (nSPS) is 9.33. The molecule has 0 saturated heterocycles. The molecule has 0 radical (unpaired) electrons. The SMILES string of the molecule is O=CCCn1cccc1. The summed E-state index contributed by atoms with van der Waals surface area (Å²) in [5.41, 5.74) is 0. The van der Waals surface area contributed by atoms with Crippen LogP contribution in [-0.2, 0) is 11.3 Å². The van der Waals surface area contributed by atoms with Gasteiger partial charge in [0.1, 0.15) is 6.29 Å². The van der Waals surface area contributed by atoms with Crippen LogP contribution in [0.15, 0.2) is 24.5 Å². The smallest absolute Gasteiger partial charge is 0.121 e. The first-order chi connectivity index (χ1) is 4.43. The minimum Gasteiger partial charge on any atom is -0.354 e. The molecule has 0 N–H and O–H groups in total. The molecular formula is C7H9NO. The largest absolute Gasteiger partial charge is 0.354 e. The first-order valence-electron chi connectivity index (χ1n) is 2.98. The van der Waals surface area contributed by atoms with Crippen LogP contribution >= 0.6 is 0 Å². The molecule has 1 rings (SSSR count). The number of aldehydes is 1. The maximum Gasteiger partial charge on any atom is 0.121 e. The number of rotatable bonds is 3. The molecule has 0 atom stereocenters. The molecule has 0 aliphatic heterocycles. The highest BCUT2D eigenvalue weighted by Gasteiger charge is 1.84. The summed E-state index contributed by atoms with van der Waals surface area (Å²) in [5.74, 6) is 0. The molecule has 0 aliphatic rings. The third-order valence-corrected chi connectivity index (χ3v) is 1.17. The van der Waals surface area contributed by atoms with E-state index in [0.717, 1.165) is 12.8 Å². The molecular weight excluding hydrogens is 114 g/mol. The zero-order valence-electron chi connectivity index (χ0n) is 5.16. The second kappa shape index (κ2) is 3.07. The fourth-order valence-corrected chi connectivity index (χ4v) is 0.721. The number of carbonyl (C=O) groups excluding carboxylic acids is 1. The van der Waals surface area contributed by atoms with Gasteiger partial charge in [0, 0.05) is 25.4 Å². The molecule has 0 aromatic carbocycles. The lowest BCUT2D eigenvalue weighted by molar-refractivity contribution is -0.108. The van der Waals surface area contributed by atoms with Crippen LogP contribution in [0.5, 0.6) is 0 Å². The summed E-state index contributed by atoms with van der Waals surface area (Å²) in [7, 11) is 0. The molecule has 9 heavy (non-hydrogen) atoms. The van der Waals surface area contributed by atoms with Crippen molar-refractivity contribution in [3.05, 3.63) is 24.5 Å². The van der Waals surface area contributed by atoms with Crippen LogP contribution in [0, 0.1) is 0 Å². The van der Waals surface area contributed by atoms with Crippen LogP contribution in [0.25, 0.3) is 0 Å². The summed E-state index contributed by atoms with van der Waals surface area (Å²) in [6.07, 6.45) is 5.43. The Bertz CT molecular complexity index is 167. The fourth-order valence-electron chi connectivity index (χ4n) is 0.721. The summed E-state index contributed by atoms with van der Waals surface area (Å²) in [6.45, 7) is 0.802. The average molecular weight is 123 g/mol. The van der Waals surface area contributed by atoms with Gasteiger partial charge in [-0.15, -0.1) is 0 Å². The van der Waals surface area contributed by atoms with Crippen molar-refractivity contribution in [3.8, 4) is 0 Å². The highest BCUT2D eigenvalue weighted by Crippen LogP contribution is 1.90. The Balaban J connectivity index is 2.38. The Morgan fingerprint density at radius 2 is 2.00 bits per heavy atom. The molecule has 0 spiro atoms. The third-order valence-electron chi connectivity index (χ3n) is 1.17. The van der Waals surface area contributed by atoms with Crippen LogP contribution in [0.2, 0.25) is 0 Å². The second-order valence-corrected chi connectivity index (χ2v) is 1.88. The number of nitrogens with zero attached hydrogens (tertiary/aromatic N) is 1. The Hall–Kier alpha value is -1.05. The van der Waals surface area contributed by atoms with Crippen molar-refractivity contribution in [3.63, 3.8) is 0 Å². The van der Waals surface area contributed by atoms with Crippen LogP contribution in [0.3, 0.4) is 0 Å². The van der Waals surface area contributed by atoms with Gasteiger partial charge in [0.2, 0.25) is 0 Å². The lowest BCUT2D eigenvalue weighted by Gasteiger charge is -1.94. The quantitative estimate of drug-likeness (QED) is 0.551. The van der Waals surface area contributed by atoms with E-state index in [1.165, 1.54) is 0 Å². The van der Waals surface area contributed by atoms with Gasteiger partial charge in [-0.2, -0.15) is 0 Å². The van der Waals surface area contributed by atoms with Gasteiger partial charge in [0.25, 0.3) is 0 Å². The highest BCUT2D eigenvalue weighted by molar-refractivity contribution is 5.48. The molecule has 0 fully saturated rings. The number of hydrogen-bond donors (Lipinski definition) is 0. The Kier molecular flexibility index (Phi) is 2.07. The summed E-state index contributed by atoms with van der Waals surface area (Å²) >= 11 is 0. The minimum atomic E-state index is 0.606. The van der Waals surface area contributed by atoms with E-state index in [-0.39, 0.29) is 0 Å². The number of aryl methyl sites for hydroxylation is 1. The monoisotopic (exact) mass is 123 g/mol. The summed E-state index contributed by atoms with van der Waals surface area (Å²) in [5, 5.41) is 0. The second-order valence-electron chi connectivity index (χ2n) is 1.88. The molecule has 48 valence electrons. The van der Waals surface area contributed by atoms with Gasteiger partial charge in [0.15, 0.2) is 0 Å². The first-order valence-corrected chi connectivity index (χ1v) is 2.98. The summed E-state index contributed by atoms with van der Waals surface area (Å²) in [4.78, 5) is 9.89. The van der Waals surface area contributed by atoms with Crippen molar-refractivity contribution >= 4 is 6.29 Å². The molecule has 0 amide bonds. The van der Waals surface area contributed by atoms with E-state index in [0.29, 0.717) is 6.42 Å². The van der Waals surface area contributed by atoms with Gasteiger partial charge in [0.05, 0.1) is 0 Å². The molecule has 1 aromatic rings.